The molecule has 0 radical (unpaired) electrons. The maximum absolute atomic E-state index is 11.8. The van der Waals surface area contributed by atoms with Gasteiger partial charge in [-0.15, -0.1) is 11.3 Å². The Kier molecular flexibility index (Phi) is 2.97. The average Bonchev–Trinajstić information content (AvgIpc) is 2.75. The van der Waals surface area contributed by atoms with Gasteiger partial charge in [0.2, 0.25) is 0 Å². The second-order valence-corrected chi connectivity index (χ2v) is 3.89. The van der Waals surface area contributed by atoms with E-state index in [1.807, 2.05) is 0 Å². The van der Waals surface area contributed by atoms with Gasteiger partial charge in [0, 0.05) is 24.3 Å². The van der Waals surface area contributed by atoms with Crippen LogP contribution in [0.15, 0.2) is 22.6 Å². The first-order chi connectivity index (χ1) is 7.74. The third kappa shape index (κ3) is 1.82. The molecule has 0 spiro atoms. The first-order valence-corrected chi connectivity index (χ1v) is 5.46. The van der Waals surface area contributed by atoms with Crippen molar-refractivity contribution in [1.82, 2.24) is 14.7 Å². The van der Waals surface area contributed by atoms with E-state index in [-0.39, 0.29) is 18.7 Å². The molecule has 2 aromatic rings. The van der Waals surface area contributed by atoms with Crippen LogP contribution >= 0.6 is 11.3 Å². The normalized spacial score (nSPS) is 10.6. The summed E-state index contributed by atoms with van der Waals surface area (Å²) in [4.78, 5) is 27.9. The zero-order valence-corrected chi connectivity index (χ0v) is 9.03. The van der Waals surface area contributed by atoms with E-state index in [0.29, 0.717) is 4.96 Å². The molecule has 0 aromatic carbocycles. The molecule has 2 aromatic heterocycles. The lowest BCUT2D eigenvalue weighted by atomic mass is 10.3. The molecule has 0 aliphatic heterocycles. The minimum absolute atomic E-state index is 0.0237. The molecule has 7 heteroatoms. The van der Waals surface area contributed by atoms with E-state index in [4.69, 9.17) is 5.11 Å². The van der Waals surface area contributed by atoms with E-state index in [0.717, 1.165) is 0 Å². The highest BCUT2D eigenvalue weighted by atomic mass is 32.1. The van der Waals surface area contributed by atoms with E-state index in [1.165, 1.54) is 21.9 Å². The van der Waals surface area contributed by atoms with Crippen LogP contribution in [0.5, 0.6) is 0 Å². The molecular weight excluding hydrogens is 230 g/mol. The molecule has 0 bridgehead atoms. The van der Waals surface area contributed by atoms with E-state index >= 15 is 0 Å². The zero-order valence-electron chi connectivity index (χ0n) is 8.21. The lowest BCUT2D eigenvalue weighted by molar-refractivity contribution is 0.0942. The molecule has 0 saturated carbocycles. The van der Waals surface area contributed by atoms with Gasteiger partial charge in [-0.25, -0.2) is 4.98 Å². The second kappa shape index (κ2) is 4.42. The van der Waals surface area contributed by atoms with Crippen LogP contribution in [0, 0.1) is 0 Å². The fraction of sp³-hybridized carbons (Fsp3) is 0.222. The summed E-state index contributed by atoms with van der Waals surface area (Å²) in [5.74, 6) is -0.521. The maximum atomic E-state index is 11.8. The number of fused-ring (bicyclic) bond motifs is 1. The van der Waals surface area contributed by atoms with Gasteiger partial charge in [0.15, 0.2) is 4.96 Å². The van der Waals surface area contributed by atoms with Crippen LogP contribution < -0.4 is 10.9 Å². The Bertz CT molecular complexity index is 575. The SMILES string of the molecule is O=C(NCCO)c1cnc2sccn2c1=O. The highest BCUT2D eigenvalue weighted by Crippen LogP contribution is 2.05. The first-order valence-electron chi connectivity index (χ1n) is 4.58. The lowest BCUT2D eigenvalue weighted by Crippen LogP contribution is -2.32. The molecule has 84 valence electrons. The Labute approximate surface area is 94.2 Å². The van der Waals surface area contributed by atoms with Crippen LogP contribution in [0.3, 0.4) is 0 Å². The average molecular weight is 239 g/mol. The molecule has 1 amide bonds. The van der Waals surface area contributed by atoms with Crippen molar-refractivity contribution in [3.8, 4) is 0 Å². The molecule has 0 atom stereocenters. The van der Waals surface area contributed by atoms with Gasteiger partial charge < -0.3 is 10.4 Å². The first kappa shape index (κ1) is 10.8. The van der Waals surface area contributed by atoms with Crippen LogP contribution in [-0.4, -0.2) is 33.6 Å². The molecular formula is C9H9N3O3S. The lowest BCUT2D eigenvalue weighted by Gasteiger charge is -2.02. The molecule has 0 fully saturated rings. The predicted molar refractivity (Wildman–Crippen MR) is 58.8 cm³/mol. The van der Waals surface area contributed by atoms with E-state index in [9.17, 15) is 9.59 Å². The third-order valence-corrected chi connectivity index (χ3v) is 2.76. The summed E-state index contributed by atoms with van der Waals surface area (Å²) in [7, 11) is 0. The van der Waals surface area contributed by atoms with Crippen molar-refractivity contribution in [2.24, 2.45) is 0 Å². The molecule has 6 nitrogen and oxygen atoms in total. The molecule has 16 heavy (non-hydrogen) atoms. The fourth-order valence-electron chi connectivity index (χ4n) is 1.25. The quantitative estimate of drug-likeness (QED) is 0.754. The zero-order chi connectivity index (χ0) is 11.5. The van der Waals surface area contributed by atoms with Crippen LogP contribution in [0.4, 0.5) is 0 Å². The number of aliphatic hydroxyl groups is 1. The minimum Gasteiger partial charge on any atom is -0.395 e. The smallest absolute Gasteiger partial charge is 0.271 e. The second-order valence-electron chi connectivity index (χ2n) is 3.01. The number of amides is 1. The topological polar surface area (TPSA) is 83.7 Å². The van der Waals surface area contributed by atoms with Crippen LogP contribution in [0.25, 0.3) is 4.96 Å². The number of nitrogens with one attached hydrogen (secondary N) is 1. The van der Waals surface area contributed by atoms with Crippen molar-refractivity contribution in [2.75, 3.05) is 13.2 Å². The number of aromatic nitrogens is 2. The number of aliphatic hydroxyl groups excluding tert-OH is 1. The Morgan fingerprint density at radius 1 is 1.62 bits per heavy atom. The molecule has 0 unspecified atom stereocenters. The number of nitrogens with zero attached hydrogens (tertiary/aromatic N) is 2. The Morgan fingerprint density at radius 2 is 2.44 bits per heavy atom. The summed E-state index contributed by atoms with van der Waals surface area (Å²) < 4.78 is 1.32. The standard InChI is InChI=1S/C9H9N3O3S/c13-3-1-10-7(14)6-5-11-9-12(8(6)15)2-4-16-9/h2,4-5,13H,1,3H2,(H,10,14). The molecule has 2 heterocycles. The van der Waals surface area contributed by atoms with Gasteiger partial charge in [0.05, 0.1) is 6.61 Å². The van der Waals surface area contributed by atoms with E-state index < -0.39 is 11.5 Å². The van der Waals surface area contributed by atoms with Crippen molar-refractivity contribution < 1.29 is 9.90 Å². The van der Waals surface area contributed by atoms with E-state index in [1.54, 1.807) is 11.6 Å². The van der Waals surface area contributed by atoms with Crippen LogP contribution in [0.1, 0.15) is 10.4 Å². The number of carbonyl (C=O) groups is 1. The van der Waals surface area contributed by atoms with Crippen molar-refractivity contribution in [1.29, 1.82) is 0 Å². The van der Waals surface area contributed by atoms with Gasteiger partial charge >= 0.3 is 0 Å². The number of rotatable bonds is 3. The summed E-state index contributed by atoms with van der Waals surface area (Å²) in [6, 6.07) is 0. The highest BCUT2D eigenvalue weighted by Gasteiger charge is 2.12. The van der Waals surface area contributed by atoms with Gasteiger partial charge in [-0.1, -0.05) is 0 Å². The van der Waals surface area contributed by atoms with Gasteiger partial charge in [0.25, 0.3) is 11.5 Å². The largest absolute Gasteiger partial charge is 0.395 e. The van der Waals surface area contributed by atoms with Gasteiger partial charge in [0.1, 0.15) is 5.56 Å². The van der Waals surface area contributed by atoms with Crippen molar-refractivity contribution in [3.05, 3.63) is 33.7 Å². The van der Waals surface area contributed by atoms with Crippen molar-refractivity contribution in [3.63, 3.8) is 0 Å². The summed E-state index contributed by atoms with van der Waals surface area (Å²) >= 11 is 1.32. The van der Waals surface area contributed by atoms with Crippen molar-refractivity contribution in [2.45, 2.75) is 0 Å². The van der Waals surface area contributed by atoms with Gasteiger partial charge in [-0.2, -0.15) is 0 Å². The van der Waals surface area contributed by atoms with Gasteiger partial charge in [-0.3, -0.25) is 14.0 Å². The van der Waals surface area contributed by atoms with E-state index in [2.05, 4.69) is 10.3 Å². The summed E-state index contributed by atoms with van der Waals surface area (Å²) in [6.45, 7) is -0.0498. The molecule has 2 N–H and O–H groups in total. The van der Waals surface area contributed by atoms with Crippen molar-refractivity contribution >= 4 is 22.2 Å². The summed E-state index contributed by atoms with van der Waals surface area (Å²) in [5.41, 5.74) is -0.425. The molecule has 0 aliphatic rings. The van der Waals surface area contributed by atoms with Gasteiger partial charge in [-0.05, 0) is 0 Å². The summed E-state index contributed by atoms with van der Waals surface area (Å²) in [5, 5.41) is 12.7. The monoisotopic (exact) mass is 239 g/mol. The molecule has 0 saturated heterocycles. The molecule has 2 rings (SSSR count). The number of carbonyl (C=O) groups excluding carboxylic acids is 1. The summed E-state index contributed by atoms with van der Waals surface area (Å²) in [6.07, 6.45) is 2.82. The maximum Gasteiger partial charge on any atom is 0.271 e. The Hall–Kier alpha value is -1.73. The molecule has 0 aliphatic carbocycles. The highest BCUT2D eigenvalue weighted by molar-refractivity contribution is 7.15. The Balaban J connectivity index is 2.41. The minimum atomic E-state index is -0.521. The van der Waals surface area contributed by atoms with Crippen LogP contribution in [-0.2, 0) is 0 Å². The number of thiazole rings is 1. The number of hydrogen-bond donors (Lipinski definition) is 2. The predicted octanol–water partition coefficient (Wildman–Crippen LogP) is -0.522. The van der Waals surface area contributed by atoms with Crippen LogP contribution in [0.2, 0.25) is 0 Å². The fourth-order valence-corrected chi connectivity index (χ4v) is 1.92. The number of hydrogen-bond acceptors (Lipinski definition) is 5. The third-order valence-electron chi connectivity index (χ3n) is 1.98. The Morgan fingerprint density at radius 3 is 3.19 bits per heavy atom.